The second-order valence-corrected chi connectivity index (χ2v) is 6.97. The maximum Gasteiger partial charge on any atom is 0.227 e. The molecular weight excluding hydrogens is 346 g/mol. The van der Waals surface area contributed by atoms with Crippen LogP contribution in [-0.4, -0.2) is 48.1 Å². The quantitative estimate of drug-likeness (QED) is 0.762. The SMILES string of the molecule is CNc1nc(N2CCN(Cc3ccc(Cl)cc3)CC2)nc2ccccc12. The fourth-order valence-corrected chi connectivity index (χ4v) is 3.48. The van der Waals surface area contributed by atoms with E-state index in [0.29, 0.717) is 0 Å². The molecule has 0 aliphatic carbocycles. The summed E-state index contributed by atoms with van der Waals surface area (Å²) in [6.45, 7) is 4.79. The highest BCUT2D eigenvalue weighted by atomic mass is 35.5. The summed E-state index contributed by atoms with van der Waals surface area (Å²) < 4.78 is 0. The minimum absolute atomic E-state index is 0.785. The van der Waals surface area contributed by atoms with E-state index in [1.54, 1.807) is 0 Å². The van der Waals surface area contributed by atoms with E-state index in [2.05, 4.69) is 33.3 Å². The van der Waals surface area contributed by atoms with E-state index in [4.69, 9.17) is 21.6 Å². The van der Waals surface area contributed by atoms with Gasteiger partial charge >= 0.3 is 0 Å². The van der Waals surface area contributed by atoms with E-state index in [1.807, 2.05) is 37.4 Å². The summed E-state index contributed by atoms with van der Waals surface area (Å²) in [6, 6.07) is 16.2. The zero-order chi connectivity index (χ0) is 17.9. The van der Waals surface area contributed by atoms with Crippen molar-refractivity contribution < 1.29 is 0 Å². The third kappa shape index (κ3) is 3.59. The molecule has 0 atom stereocenters. The lowest BCUT2D eigenvalue weighted by Crippen LogP contribution is -2.46. The lowest BCUT2D eigenvalue weighted by Gasteiger charge is -2.35. The molecule has 26 heavy (non-hydrogen) atoms. The maximum atomic E-state index is 5.97. The number of nitrogens with zero attached hydrogens (tertiary/aromatic N) is 4. The topological polar surface area (TPSA) is 44.3 Å². The van der Waals surface area contributed by atoms with E-state index >= 15 is 0 Å². The van der Waals surface area contributed by atoms with Crippen LogP contribution in [0.5, 0.6) is 0 Å². The molecule has 1 N–H and O–H groups in total. The molecule has 0 amide bonds. The first-order chi connectivity index (χ1) is 12.7. The van der Waals surface area contributed by atoms with Crippen molar-refractivity contribution in [3.63, 3.8) is 0 Å². The number of anilines is 2. The van der Waals surface area contributed by atoms with Crippen molar-refractivity contribution in [2.75, 3.05) is 43.4 Å². The molecule has 0 bridgehead atoms. The number of nitrogens with one attached hydrogen (secondary N) is 1. The smallest absolute Gasteiger partial charge is 0.227 e. The molecule has 1 aromatic heterocycles. The first-order valence-electron chi connectivity index (χ1n) is 8.89. The van der Waals surface area contributed by atoms with Crippen LogP contribution in [0.4, 0.5) is 11.8 Å². The lowest BCUT2D eigenvalue weighted by atomic mass is 10.2. The van der Waals surface area contributed by atoms with Gasteiger partial charge in [0.2, 0.25) is 5.95 Å². The van der Waals surface area contributed by atoms with Crippen LogP contribution >= 0.6 is 11.6 Å². The van der Waals surface area contributed by atoms with Crippen LogP contribution < -0.4 is 10.2 Å². The highest BCUT2D eigenvalue weighted by Gasteiger charge is 2.20. The predicted octanol–water partition coefficient (Wildman–Crippen LogP) is 3.65. The van der Waals surface area contributed by atoms with Gasteiger partial charge in [0.25, 0.3) is 0 Å². The van der Waals surface area contributed by atoms with Crippen LogP contribution in [0.2, 0.25) is 5.02 Å². The molecule has 2 aromatic carbocycles. The monoisotopic (exact) mass is 367 g/mol. The molecule has 134 valence electrons. The zero-order valence-corrected chi connectivity index (χ0v) is 15.6. The summed E-state index contributed by atoms with van der Waals surface area (Å²) in [7, 11) is 1.91. The highest BCUT2D eigenvalue weighted by molar-refractivity contribution is 6.30. The fourth-order valence-electron chi connectivity index (χ4n) is 3.35. The third-order valence-electron chi connectivity index (χ3n) is 4.80. The molecule has 1 aliphatic rings. The van der Waals surface area contributed by atoms with Crippen LogP contribution in [0, 0.1) is 0 Å². The van der Waals surface area contributed by atoms with Crippen LogP contribution in [0.25, 0.3) is 10.9 Å². The molecule has 1 fully saturated rings. The highest BCUT2D eigenvalue weighted by Crippen LogP contribution is 2.24. The summed E-state index contributed by atoms with van der Waals surface area (Å²) in [5, 5.41) is 5.04. The van der Waals surface area contributed by atoms with Gasteiger partial charge in [0.15, 0.2) is 0 Å². The Morgan fingerprint density at radius 2 is 1.69 bits per heavy atom. The minimum Gasteiger partial charge on any atom is -0.372 e. The van der Waals surface area contributed by atoms with Crippen molar-refractivity contribution in [2.24, 2.45) is 0 Å². The number of benzene rings is 2. The van der Waals surface area contributed by atoms with Crippen LogP contribution in [-0.2, 0) is 6.54 Å². The molecular formula is C20H22ClN5. The molecule has 2 heterocycles. The van der Waals surface area contributed by atoms with Crippen molar-refractivity contribution in [1.82, 2.24) is 14.9 Å². The number of hydrogen-bond acceptors (Lipinski definition) is 5. The van der Waals surface area contributed by atoms with E-state index in [1.165, 1.54) is 5.56 Å². The Morgan fingerprint density at radius 1 is 0.962 bits per heavy atom. The minimum atomic E-state index is 0.785. The molecule has 4 rings (SSSR count). The van der Waals surface area contributed by atoms with Gasteiger partial charge in [-0.3, -0.25) is 4.90 Å². The summed E-state index contributed by atoms with van der Waals surface area (Å²) in [6.07, 6.45) is 0. The first kappa shape index (κ1) is 17.1. The predicted molar refractivity (Wildman–Crippen MR) is 108 cm³/mol. The van der Waals surface area contributed by atoms with Crippen LogP contribution in [0.3, 0.4) is 0 Å². The Kier molecular flexibility index (Phi) is 4.91. The Hall–Kier alpha value is -2.37. The number of hydrogen-bond donors (Lipinski definition) is 1. The molecule has 0 spiro atoms. The molecule has 6 heteroatoms. The Bertz CT molecular complexity index is 888. The average molecular weight is 368 g/mol. The fraction of sp³-hybridized carbons (Fsp3) is 0.300. The van der Waals surface area contributed by atoms with Crippen molar-refractivity contribution in [3.05, 3.63) is 59.1 Å². The summed E-state index contributed by atoms with van der Waals surface area (Å²) >= 11 is 5.97. The molecule has 1 aliphatic heterocycles. The number of para-hydroxylation sites is 1. The second-order valence-electron chi connectivity index (χ2n) is 6.53. The van der Waals surface area contributed by atoms with Gasteiger partial charge in [0.05, 0.1) is 5.52 Å². The Morgan fingerprint density at radius 3 is 2.42 bits per heavy atom. The van der Waals surface area contributed by atoms with Crippen LogP contribution in [0.1, 0.15) is 5.56 Å². The van der Waals surface area contributed by atoms with Gasteiger partial charge < -0.3 is 10.2 Å². The van der Waals surface area contributed by atoms with Gasteiger partial charge in [0.1, 0.15) is 5.82 Å². The van der Waals surface area contributed by atoms with Gasteiger partial charge in [-0.1, -0.05) is 35.9 Å². The van der Waals surface area contributed by atoms with Gasteiger partial charge in [-0.25, -0.2) is 4.98 Å². The third-order valence-corrected chi connectivity index (χ3v) is 5.05. The molecule has 0 saturated carbocycles. The summed E-state index contributed by atoms with van der Waals surface area (Å²) in [5.41, 5.74) is 2.27. The number of rotatable bonds is 4. The van der Waals surface area contributed by atoms with Crippen molar-refractivity contribution in [2.45, 2.75) is 6.54 Å². The first-order valence-corrected chi connectivity index (χ1v) is 9.27. The summed E-state index contributed by atoms with van der Waals surface area (Å²) in [5.74, 6) is 1.69. The normalized spacial score (nSPS) is 15.4. The number of fused-ring (bicyclic) bond motifs is 1. The van der Waals surface area contributed by atoms with Crippen molar-refractivity contribution in [1.29, 1.82) is 0 Å². The largest absolute Gasteiger partial charge is 0.372 e. The van der Waals surface area contributed by atoms with E-state index < -0.39 is 0 Å². The number of aromatic nitrogens is 2. The van der Waals surface area contributed by atoms with Gasteiger partial charge in [-0.05, 0) is 29.8 Å². The molecule has 0 radical (unpaired) electrons. The molecule has 3 aromatic rings. The zero-order valence-electron chi connectivity index (χ0n) is 14.8. The molecule has 5 nitrogen and oxygen atoms in total. The van der Waals surface area contributed by atoms with Crippen molar-refractivity contribution >= 4 is 34.3 Å². The average Bonchev–Trinajstić information content (AvgIpc) is 2.69. The summed E-state index contributed by atoms with van der Waals surface area (Å²) in [4.78, 5) is 14.2. The number of halogens is 1. The molecule has 0 unspecified atom stereocenters. The van der Waals surface area contributed by atoms with Gasteiger partial charge in [0, 0.05) is 50.2 Å². The second kappa shape index (κ2) is 7.48. The standard InChI is InChI=1S/C20H22ClN5/c1-22-19-17-4-2-3-5-18(17)23-20(24-19)26-12-10-25(11-13-26)14-15-6-8-16(21)9-7-15/h2-9H,10-14H2,1H3,(H,22,23,24). The van der Waals surface area contributed by atoms with E-state index in [0.717, 1.165) is 60.4 Å². The molecule has 1 saturated heterocycles. The Balaban J connectivity index is 1.46. The van der Waals surface area contributed by atoms with E-state index in [9.17, 15) is 0 Å². The number of piperazine rings is 1. The van der Waals surface area contributed by atoms with Crippen LogP contribution in [0.15, 0.2) is 48.5 Å². The van der Waals surface area contributed by atoms with Gasteiger partial charge in [-0.15, -0.1) is 0 Å². The van der Waals surface area contributed by atoms with Gasteiger partial charge in [-0.2, -0.15) is 4.98 Å². The van der Waals surface area contributed by atoms with E-state index in [-0.39, 0.29) is 0 Å². The lowest BCUT2D eigenvalue weighted by molar-refractivity contribution is 0.249. The Labute approximate surface area is 158 Å². The van der Waals surface area contributed by atoms with Crippen molar-refractivity contribution in [3.8, 4) is 0 Å². The maximum absolute atomic E-state index is 5.97.